The molecule has 8 heteroatoms. The van der Waals surface area contributed by atoms with Crippen molar-refractivity contribution in [2.24, 2.45) is 7.05 Å². The SMILES string of the molecule is COc1ccc(OC)c(-c2cc(C(=O)NCC3(O)CCCc4sccc43)n(C)n2)c1. The van der Waals surface area contributed by atoms with Crippen LogP contribution in [0.1, 0.15) is 33.8 Å². The van der Waals surface area contributed by atoms with E-state index in [-0.39, 0.29) is 12.5 Å². The molecule has 0 radical (unpaired) electrons. The lowest BCUT2D eigenvalue weighted by atomic mass is 9.83. The summed E-state index contributed by atoms with van der Waals surface area (Å²) in [6.07, 6.45) is 2.52. The quantitative estimate of drug-likeness (QED) is 0.631. The molecule has 0 spiro atoms. The fourth-order valence-corrected chi connectivity index (χ4v) is 4.97. The van der Waals surface area contributed by atoms with Gasteiger partial charge in [-0.05, 0) is 60.5 Å². The van der Waals surface area contributed by atoms with Crippen molar-refractivity contribution >= 4 is 17.2 Å². The first-order valence-electron chi connectivity index (χ1n) is 9.79. The summed E-state index contributed by atoms with van der Waals surface area (Å²) in [6, 6.07) is 9.11. The summed E-state index contributed by atoms with van der Waals surface area (Å²) in [6.45, 7) is 0.165. The second-order valence-electron chi connectivity index (χ2n) is 7.43. The second kappa shape index (κ2) is 8.12. The van der Waals surface area contributed by atoms with E-state index < -0.39 is 5.60 Å². The van der Waals surface area contributed by atoms with E-state index in [1.807, 2.05) is 23.6 Å². The van der Waals surface area contributed by atoms with E-state index in [1.54, 1.807) is 44.7 Å². The first kappa shape index (κ1) is 20.4. The van der Waals surface area contributed by atoms with Crippen LogP contribution >= 0.6 is 11.3 Å². The molecule has 30 heavy (non-hydrogen) atoms. The van der Waals surface area contributed by atoms with Crippen LogP contribution in [0.4, 0.5) is 0 Å². The van der Waals surface area contributed by atoms with E-state index in [2.05, 4.69) is 10.4 Å². The summed E-state index contributed by atoms with van der Waals surface area (Å²) < 4.78 is 12.3. The van der Waals surface area contributed by atoms with Crippen LogP contribution in [-0.2, 0) is 19.1 Å². The Bertz CT molecular complexity index is 1070. The highest BCUT2D eigenvalue weighted by Gasteiger charge is 2.35. The van der Waals surface area contributed by atoms with E-state index in [4.69, 9.17) is 9.47 Å². The van der Waals surface area contributed by atoms with Crippen LogP contribution in [0.5, 0.6) is 11.5 Å². The molecule has 2 N–H and O–H groups in total. The number of aromatic nitrogens is 2. The van der Waals surface area contributed by atoms with Crippen LogP contribution in [0, 0.1) is 0 Å². The van der Waals surface area contributed by atoms with Gasteiger partial charge in [-0.15, -0.1) is 11.3 Å². The zero-order chi connectivity index (χ0) is 21.3. The molecule has 1 atom stereocenters. The molecular weight excluding hydrogens is 402 g/mol. The molecule has 0 bridgehead atoms. The molecule has 1 aliphatic carbocycles. The maximum Gasteiger partial charge on any atom is 0.269 e. The molecule has 0 saturated carbocycles. The van der Waals surface area contributed by atoms with Crippen molar-refractivity contribution < 1.29 is 19.4 Å². The molecule has 2 aromatic heterocycles. The lowest BCUT2D eigenvalue weighted by molar-refractivity contribution is 0.0196. The molecule has 7 nitrogen and oxygen atoms in total. The van der Waals surface area contributed by atoms with Gasteiger partial charge in [0.25, 0.3) is 5.91 Å². The zero-order valence-corrected chi connectivity index (χ0v) is 18.1. The number of carbonyl (C=O) groups is 1. The van der Waals surface area contributed by atoms with Gasteiger partial charge in [-0.3, -0.25) is 9.48 Å². The number of nitrogens with one attached hydrogen (secondary N) is 1. The van der Waals surface area contributed by atoms with Crippen molar-refractivity contribution in [2.75, 3.05) is 20.8 Å². The lowest BCUT2D eigenvalue weighted by Gasteiger charge is -2.32. The highest BCUT2D eigenvalue weighted by molar-refractivity contribution is 7.10. The standard InChI is InChI=1S/C22H25N3O4S/c1-25-18(12-17(24-25)15-11-14(28-2)6-7-19(15)29-3)21(26)23-13-22(27)9-4-5-20-16(22)8-10-30-20/h6-8,10-12,27H,4-5,9,13H2,1-3H3,(H,23,26). The fraction of sp³-hybridized carbons (Fsp3) is 0.364. The Morgan fingerprint density at radius 1 is 1.30 bits per heavy atom. The normalized spacial score (nSPS) is 18.0. The Morgan fingerprint density at radius 3 is 2.90 bits per heavy atom. The highest BCUT2D eigenvalue weighted by atomic mass is 32.1. The van der Waals surface area contributed by atoms with Crippen molar-refractivity contribution in [1.29, 1.82) is 0 Å². The van der Waals surface area contributed by atoms with Gasteiger partial charge >= 0.3 is 0 Å². The largest absolute Gasteiger partial charge is 0.497 e. The fourth-order valence-electron chi connectivity index (χ4n) is 3.95. The number of fused-ring (bicyclic) bond motifs is 1. The van der Waals surface area contributed by atoms with Crippen LogP contribution in [0.15, 0.2) is 35.7 Å². The number of carbonyl (C=O) groups excluding carboxylic acids is 1. The summed E-state index contributed by atoms with van der Waals surface area (Å²) in [5.74, 6) is 1.03. The van der Waals surface area contributed by atoms with E-state index >= 15 is 0 Å². The average molecular weight is 428 g/mol. The third-order valence-corrected chi connectivity index (χ3v) is 6.56. The van der Waals surface area contributed by atoms with Gasteiger partial charge in [-0.2, -0.15) is 5.10 Å². The molecule has 0 aliphatic heterocycles. The van der Waals surface area contributed by atoms with Gasteiger partial charge in [0.1, 0.15) is 22.8 Å². The molecule has 1 aromatic carbocycles. The van der Waals surface area contributed by atoms with Gasteiger partial charge in [0.15, 0.2) is 0 Å². The summed E-state index contributed by atoms with van der Waals surface area (Å²) >= 11 is 1.66. The molecule has 3 aromatic rings. The number of hydrogen-bond donors (Lipinski definition) is 2. The molecule has 1 amide bonds. The number of rotatable bonds is 6. The Hall–Kier alpha value is -2.84. The van der Waals surface area contributed by atoms with Gasteiger partial charge in [0.05, 0.1) is 26.5 Å². The van der Waals surface area contributed by atoms with Gasteiger partial charge in [0, 0.05) is 17.5 Å². The van der Waals surface area contributed by atoms with Crippen LogP contribution in [0.2, 0.25) is 0 Å². The van der Waals surface area contributed by atoms with Crippen LogP contribution in [-0.4, -0.2) is 41.6 Å². The number of methoxy groups -OCH3 is 2. The predicted molar refractivity (Wildman–Crippen MR) is 115 cm³/mol. The van der Waals surface area contributed by atoms with E-state index in [9.17, 15) is 9.90 Å². The maximum atomic E-state index is 12.9. The number of benzene rings is 1. The van der Waals surface area contributed by atoms with Gasteiger partial charge in [-0.1, -0.05) is 0 Å². The molecule has 4 rings (SSSR count). The lowest BCUT2D eigenvalue weighted by Crippen LogP contribution is -2.42. The third-order valence-electron chi connectivity index (χ3n) is 5.58. The number of aliphatic hydroxyl groups is 1. The number of hydrogen-bond acceptors (Lipinski definition) is 6. The van der Waals surface area contributed by atoms with E-state index in [0.29, 0.717) is 29.3 Å². The van der Waals surface area contributed by atoms with Crippen LogP contribution < -0.4 is 14.8 Å². The summed E-state index contributed by atoms with van der Waals surface area (Å²) in [7, 11) is 4.90. The second-order valence-corrected chi connectivity index (χ2v) is 8.43. The Morgan fingerprint density at radius 2 is 2.13 bits per heavy atom. The van der Waals surface area contributed by atoms with Gasteiger partial charge in [-0.25, -0.2) is 0 Å². The summed E-state index contributed by atoms with van der Waals surface area (Å²) in [4.78, 5) is 14.1. The smallest absolute Gasteiger partial charge is 0.269 e. The number of ether oxygens (including phenoxy) is 2. The van der Waals surface area contributed by atoms with E-state index in [0.717, 1.165) is 24.0 Å². The number of amides is 1. The van der Waals surface area contributed by atoms with Crippen molar-refractivity contribution in [3.8, 4) is 22.8 Å². The molecular formula is C22H25N3O4S. The predicted octanol–water partition coefficient (Wildman–Crippen LogP) is 3.12. The maximum absolute atomic E-state index is 12.9. The number of nitrogens with zero attached hydrogens (tertiary/aromatic N) is 2. The van der Waals surface area contributed by atoms with Crippen LogP contribution in [0.3, 0.4) is 0 Å². The van der Waals surface area contributed by atoms with Crippen molar-refractivity contribution in [1.82, 2.24) is 15.1 Å². The molecule has 0 fully saturated rings. The zero-order valence-electron chi connectivity index (χ0n) is 17.3. The van der Waals surface area contributed by atoms with Crippen LogP contribution in [0.25, 0.3) is 11.3 Å². The summed E-state index contributed by atoms with van der Waals surface area (Å²) in [5.41, 5.74) is 1.65. The Balaban J connectivity index is 1.55. The summed E-state index contributed by atoms with van der Waals surface area (Å²) in [5, 5.41) is 20.5. The number of aryl methyl sites for hydroxylation is 2. The topological polar surface area (TPSA) is 85.6 Å². The average Bonchev–Trinajstić information content (AvgIpc) is 3.39. The van der Waals surface area contributed by atoms with Gasteiger partial charge in [0.2, 0.25) is 0 Å². The molecule has 1 unspecified atom stereocenters. The Kier molecular flexibility index (Phi) is 5.53. The molecule has 1 aliphatic rings. The van der Waals surface area contributed by atoms with Crippen molar-refractivity contribution in [2.45, 2.75) is 24.9 Å². The number of thiophene rings is 1. The first-order valence-corrected chi connectivity index (χ1v) is 10.7. The Labute approximate surface area is 179 Å². The molecule has 158 valence electrons. The highest BCUT2D eigenvalue weighted by Crippen LogP contribution is 2.38. The minimum Gasteiger partial charge on any atom is -0.497 e. The van der Waals surface area contributed by atoms with Crippen molar-refractivity contribution in [3.05, 3.63) is 51.8 Å². The van der Waals surface area contributed by atoms with E-state index in [1.165, 1.54) is 9.56 Å². The van der Waals surface area contributed by atoms with Crippen molar-refractivity contribution in [3.63, 3.8) is 0 Å². The minimum absolute atomic E-state index is 0.165. The molecule has 2 heterocycles. The van der Waals surface area contributed by atoms with Gasteiger partial charge < -0.3 is 19.9 Å². The minimum atomic E-state index is -1.03. The monoisotopic (exact) mass is 427 g/mol. The first-order chi connectivity index (χ1) is 14.4. The third kappa shape index (κ3) is 3.68. The molecule has 0 saturated heterocycles.